The second-order valence-corrected chi connectivity index (χ2v) is 5.51. The number of benzene rings is 2. The fourth-order valence-corrected chi connectivity index (χ4v) is 2.75. The Bertz CT molecular complexity index is 718. The lowest BCUT2D eigenvalue weighted by molar-refractivity contribution is -0.132. The van der Waals surface area contributed by atoms with Gasteiger partial charge in [0.1, 0.15) is 11.7 Å². The number of amides is 2. The number of carbonyl (C=O) groups excluding carboxylic acids is 2. The first-order valence-corrected chi connectivity index (χ1v) is 7.54. The maximum absolute atomic E-state index is 13.1. The van der Waals surface area contributed by atoms with Gasteiger partial charge in [0.25, 0.3) is 0 Å². The molecule has 2 amide bonds. The molecule has 23 heavy (non-hydrogen) atoms. The molecular formula is C18H17FN2O2. The average Bonchev–Trinajstić information content (AvgIpc) is 2.95. The number of anilines is 1. The molecular weight excluding hydrogens is 295 g/mol. The molecule has 0 spiro atoms. The molecule has 1 heterocycles. The summed E-state index contributed by atoms with van der Waals surface area (Å²) < 4.78 is 13.1. The molecule has 0 saturated carbocycles. The minimum Gasteiger partial charge on any atom is -0.351 e. The Morgan fingerprint density at radius 1 is 1.17 bits per heavy atom. The van der Waals surface area contributed by atoms with E-state index in [1.165, 1.54) is 12.1 Å². The molecule has 0 aliphatic carbocycles. The van der Waals surface area contributed by atoms with Gasteiger partial charge < -0.3 is 10.2 Å². The van der Waals surface area contributed by atoms with Crippen molar-refractivity contribution in [3.05, 3.63) is 66.0 Å². The highest BCUT2D eigenvalue weighted by molar-refractivity contribution is 6.09. The van der Waals surface area contributed by atoms with Gasteiger partial charge in [0.2, 0.25) is 11.8 Å². The summed E-state index contributed by atoms with van der Waals surface area (Å²) in [7, 11) is 0. The second-order valence-electron chi connectivity index (χ2n) is 5.51. The zero-order valence-electron chi connectivity index (χ0n) is 12.5. The summed E-state index contributed by atoms with van der Waals surface area (Å²) in [6.45, 7) is 0.743. The van der Waals surface area contributed by atoms with Crippen molar-refractivity contribution in [2.75, 3.05) is 11.4 Å². The minimum absolute atomic E-state index is 0.187. The first-order chi connectivity index (χ1) is 11.1. The summed E-state index contributed by atoms with van der Waals surface area (Å²) in [5, 5.41) is 2.72. The van der Waals surface area contributed by atoms with E-state index < -0.39 is 5.92 Å². The lowest BCUT2D eigenvalue weighted by Crippen LogP contribution is -2.36. The van der Waals surface area contributed by atoms with Crippen LogP contribution >= 0.6 is 0 Å². The topological polar surface area (TPSA) is 49.4 Å². The van der Waals surface area contributed by atoms with Crippen LogP contribution in [0.25, 0.3) is 0 Å². The zero-order chi connectivity index (χ0) is 16.2. The molecule has 0 unspecified atom stereocenters. The molecule has 0 bridgehead atoms. The van der Waals surface area contributed by atoms with Crippen LogP contribution in [0.2, 0.25) is 0 Å². The fraction of sp³-hybridized carbons (Fsp3) is 0.222. The van der Waals surface area contributed by atoms with Crippen LogP contribution in [0.3, 0.4) is 0 Å². The quantitative estimate of drug-likeness (QED) is 0.882. The number of rotatable bonds is 4. The molecule has 3 rings (SSSR count). The SMILES string of the molecule is O=C(NCc1cccc(F)c1)[C@@H]1CCN(c2ccccc2)C1=O. The number of hydrogen-bond donors (Lipinski definition) is 1. The van der Waals surface area contributed by atoms with Crippen molar-refractivity contribution in [2.45, 2.75) is 13.0 Å². The molecule has 0 radical (unpaired) electrons. The van der Waals surface area contributed by atoms with Gasteiger partial charge in [0, 0.05) is 18.8 Å². The predicted octanol–water partition coefficient (Wildman–Crippen LogP) is 2.50. The van der Waals surface area contributed by atoms with E-state index in [1.807, 2.05) is 30.3 Å². The van der Waals surface area contributed by atoms with Crippen molar-refractivity contribution in [2.24, 2.45) is 5.92 Å². The minimum atomic E-state index is -0.677. The lowest BCUT2D eigenvalue weighted by Gasteiger charge is -2.16. The van der Waals surface area contributed by atoms with Gasteiger partial charge in [-0.25, -0.2) is 4.39 Å². The van der Waals surface area contributed by atoms with E-state index in [0.29, 0.717) is 18.5 Å². The normalized spacial score (nSPS) is 17.3. The van der Waals surface area contributed by atoms with Gasteiger partial charge in [-0.15, -0.1) is 0 Å². The molecule has 118 valence electrons. The van der Waals surface area contributed by atoms with E-state index in [1.54, 1.807) is 17.0 Å². The molecule has 1 fully saturated rings. The van der Waals surface area contributed by atoms with E-state index in [-0.39, 0.29) is 24.2 Å². The van der Waals surface area contributed by atoms with Crippen molar-refractivity contribution in [3.63, 3.8) is 0 Å². The summed E-state index contributed by atoms with van der Waals surface area (Å²) >= 11 is 0. The second kappa shape index (κ2) is 6.60. The highest BCUT2D eigenvalue weighted by Crippen LogP contribution is 2.25. The van der Waals surface area contributed by atoms with Crippen LogP contribution in [-0.4, -0.2) is 18.4 Å². The van der Waals surface area contributed by atoms with Crippen LogP contribution in [0, 0.1) is 11.7 Å². The third kappa shape index (κ3) is 3.39. The average molecular weight is 312 g/mol. The Kier molecular flexibility index (Phi) is 4.37. The lowest BCUT2D eigenvalue weighted by atomic mass is 10.1. The third-order valence-corrected chi connectivity index (χ3v) is 3.95. The molecule has 1 saturated heterocycles. The van der Waals surface area contributed by atoms with Gasteiger partial charge in [-0.2, -0.15) is 0 Å². The van der Waals surface area contributed by atoms with Crippen molar-refractivity contribution in [1.29, 1.82) is 0 Å². The van der Waals surface area contributed by atoms with Crippen LogP contribution in [0.15, 0.2) is 54.6 Å². The molecule has 4 nitrogen and oxygen atoms in total. The van der Waals surface area contributed by atoms with Crippen molar-refractivity contribution in [1.82, 2.24) is 5.32 Å². The highest BCUT2D eigenvalue weighted by atomic mass is 19.1. The molecule has 2 aromatic carbocycles. The fourth-order valence-electron chi connectivity index (χ4n) is 2.75. The zero-order valence-corrected chi connectivity index (χ0v) is 12.5. The smallest absolute Gasteiger partial charge is 0.239 e. The molecule has 5 heteroatoms. The van der Waals surface area contributed by atoms with E-state index >= 15 is 0 Å². The Morgan fingerprint density at radius 3 is 2.70 bits per heavy atom. The summed E-state index contributed by atoms with van der Waals surface area (Å²) in [5.74, 6) is -1.52. The van der Waals surface area contributed by atoms with Gasteiger partial charge >= 0.3 is 0 Å². The van der Waals surface area contributed by atoms with Crippen LogP contribution < -0.4 is 10.2 Å². The van der Waals surface area contributed by atoms with Gasteiger partial charge in [-0.1, -0.05) is 30.3 Å². The van der Waals surface area contributed by atoms with Crippen molar-refractivity contribution in [3.8, 4) is 0 Å². The van der Waals surface area contributed by atoms with Gasteiger partial charge in [0.15, 0.2) is 0 Å². The number of nitrogens with one attached hydrogen (secondary N) is 1. The van der Waals surface area contributed by atoms with Crippen LogP contribution in [0.1, 0.15) is 12.0 Å². The summed E-state index contributed by atoms with van der Waals surface area (Å²) in [4.78, 5) is 26.3. The van der Waals surface area contributed by atoms with E-state index in [4.69, 9.17) is 0 Å². The Balaban J connectivity index is 1.61. The first kappa shape index (κ1) is 15.2. The van der Waals surface area contributed by atoms with Crippen molar-refractivity contribution >= 4 is 17.5 Å². The molecule has 1 aliphatic rings. The van der Waals surface area contributed by atoms with E-state index in [0.717, 1.165) is 5.69 Å². The highest BCUT2D eigenvalue weighted by Gasteiger charge is 2.37. The molecule has 1 atom stereocenters. The van der Waals surface area contributed by atoms with E-state index in [9.17, 15) is 14.0 Å². The van der Waals surface area contributed by atoms with Gasteiger partial charge in [-0.05, 0) is 36.2 Å². The maximum atomic E-state index is 13.1. The Morgan fingerprint density at radius 2 is 1.96 bits per heavy atom. The van der Waals surface area contributed by atoms with Crippen LogP contribution in [0.5, 0.6) is 0 Å². The van der Waals surface area contributed by atoms with Crippen LogP contribution in [-0.2, 0) is 16.1 Å². The maximum Gasteiger partial charge on any atom is 0.239 e. The monoisotopic (exact) mass is 312 g/mol. The molecule has 1 N–H and O–H groups in total. The van der Waals surface area contributed by atoms with Gasteiger partial charge in [0.05, 0.1) is 0 Å². The largest absolute Gasteiger partial charge is 0.351 e. The standard InChI is InChI=1S/C18H17FN2O2/c19-14-6-4-5-13(11-14)12-20-17(22)16-9-10-21(18(16)23)15-7-2-1-3-8-15/h1-8,11,16H,9-10,12H2,(H,20,22)/t16-/m0/s1. The first-order valence-electron chi connectivity index (χ1n) is 7.54. The number of carbonyl (C=O) groups is 2. The summed E-state index contributed by atoms with van der Waals surface area (Å²) in [6.07, 6.45) is 0.489. The molecule has 1 aliphatic heterocycles. The van der Waals surface area contributed by atoms with E-state index in [2.05, 4.69) is 5.32 Å². The van der Waals surface area contributed by atoms with Gasteiger partial charge in [-0.3, -0.25) is 9.59 Å². The number of halogens is 1. The van der Waals surface area contributed by atoms with Crippen LogP contribution in [0.4, 0.5) is 10.1 Å². The third-order valence-electron chi connectivity index (χ3n) is 3.95. The molecule has 2 aromatic rings. The van der Waals surface area contributed by atoms with Crippen molar-refractivity contribution < 1.29 is 14.0 Å². The Hall–Kier alpha value is -2.69. The Labute approximate surface area is 133 Å². The number of para-hydroxylation sites is 1. The summed E-state index contributed by atoms with van der Waals surface area (Å²) in [6, 6.07) is 15.4. The predicted molar refractivity (Wildman–Crippen MR) is 85.1 cm³/mol. The number of hydrogen-bond acceptors (Lipinski definition) is 2. The number of nitrogens with zero attached hydrogens (tertiary/aromatic N) is 1. The molecule has 0 aromatic heterocycles. The summed E-state index contributed by atoms with van der Waals surface area (Å²) in [5.41, 5.74) is 1.47.